The van der Waals surface area contributed by atoms with E-state index in [9.17, 15) is 32.3 Å². The maximum absolute atomic E-state index is 14.3. The van der Waals surface area contributed by atoms with E-state index < -0.39 is 36.2 Å². The van der Waals surface area contributed by atoms with Crippen molar-refractivity contribution in [3.05, 3.63) is 111 Å². The summed E-state index contributed by atoms with van der Waals surface area (Å²) < 4.78 is 56.6. The zero-order valence-electron chi connectivity index (χ0n) is 22.3. The largest absolute Gasteiger partial charge is 0.416 e. The second-order valence-corrected chi connectivity index (χ2v) is 9.94. The number of aliphatic hydroxyl groups excluding tert-OH is 1. The average Bonchev–Trinajstić information content (AvgIpc) is 3.55. The lowest BCUT2D eigenvalue weighted by Gasteiger charge is -2.15. The molecule has 43 heavy (non-hydrogen) atoms. The van der Waals surface area contributed by atoms with Gasteiger partial charge in [0.05, 0.1) is 23.5 Å². The molecule has 0 saturated carbocycles. The van der Waals surface area contributed by atoms with Crippen LogP contribution < -0.4 is 11.0 Å². The van der Waals surface area contributed by atoms with Crippen molar-refractivity contribution in [2.24, 2.45) is 0 Å². The van der Waals surface area contributed by atoms with Crippen molar-refractivity contribution in [3.63, 3.8) is 0 Å². The van der Waals surface area contributed by atoms with E-state index in [0.717, 1.165) is 4.68 Å². The summed E-state index contributed by atoms with van der Waals surface area (Å²) in [7, 11) is 0. The first-order valence-electron chi connectivity index (χ1n) is 12.7. The molecule has 0 aliphatic heterocycles. The van der Waals surface area contributed by atoms with Crippen LogP contribution in [0.3, 0.4) is 0 Å². The van der Waals surface area contributed by atoms with Gasteiger partial charge < -0.3 is 10.4 Å². The van der Waals surface area contributed by atoms with Gasteiger partial charge in [0.25, 0.3) is 5.91 Å². The number of rotatable bonds is 8. The molecule has 1 amide bonds. The number of hydrogen-bond donors (Lipinski definition) is 2. The summed E-state index contributed by atoms with van der Waals surface area (Å²) in [6, 6.07) is 16.6. The zero-order chi connectivity index (χ0) is 30.9. The Hall–Kier alpha value is -4.82. The van der Waals surface area contributed by atoms with Crippen LogP contribution in [0.15, 0.2) is 77.9 Å². The lowest BCUT2D eigenvalue weighted by Crippen LogP contribution is -2.37. The number of aromatic nitrogens is 6. The molecule has 0 bridgehead atoms. The van der Waals surface area contributed by atoms with Gasteiger partial charge in [-0.2, -0.15) is 13.2 Å². The average molecular weight is 616 g/mol. The van der Waals surface area contributed by atoms with E-state index >= 15 is 0 Å². The lowest BCUT2D eigenvalue weighted by molar-refractivity contribution is -0.207. The van der Waals surface area contributed by atoms with Crippen LogP contribution in [0, 0.1) is 12.7 Å². The standard InChI is InChI=1S/C28H22ClF4N7O3/c1-16-6-11-21(20(30)12-16)35-26(42)19-4-2-3-5-22(19)40-15-34-24(36-40)14-39-27(43)38(13-23(41)28(31,32)33)25(37-39)17-7-9-18(29)10-8-17/h2-12,15,23,41H,13-14H2,1H3,(H,35,42). The normalized spacial score (nSPS) is 12.3. The predicted octanol–water partition coefficient (Wildman–Crippen LogP) is 4.62. The third kappa shape index (κ3) is 6.49. The van der Waals surface area contributed by atoms with Gasteiger partial charge in [-0.15, -0.1) is 10.2 Å². The molecule has 10 nitrogen and oxygen atoms in total. The Bertz CT molecular complexity index is 1850. The van der Waals surface area contributed by atoms with Gasteiger partial charge in [0.2, 0.25) is 0 Å². The number of aryl methyl sites for hydroxylation is 1. The van der Waals surface area contributed by atoms with Gasteiger partial charge in [0.1, 0.15) is 18.7 Å². The number of para-hydroxylation sites is 1. The summed E-state index contributed by atoms with van der Waals surface area (Å²) in [4.78, 5) is 30.4. The molecule has 2 heterocycles. The minimum Gasteiger partial charge on any atom is -0.382 e. The molecule has 2 N–H and O–H groups in total. The van der Waals surface area contributed by atoms with Crippen LogP contribution in [0.5, 0.6) is 0 Å². The lowest BCUT2D eigenvalue weighted by atomic mass is 10.1. The molecular formula is C28H22ClF4N7O3. The van der Waals surface area contributed by atoms with Crippen LogP contribution >= 0.6 is 11.6 Å². The Morgan fingerprint density at radius 2 is 1.79 bits per heavy atom. The highest BCUT2D eigenvalue weighted by Gasteiger charge is 2.39. The topological polar surface area (TPSA) is 120 Å². The van der Waals surface area contributed by atoms with Gasteiger partial charge >= 0.3 is 11.9 Å². The van der Waals surface area contributed by atoms with Crippen molar-refractivity contribution in [3.8, 4) is 17.1 Å². The van der Waals surface area contributed by atoms with Crippen molar-refractivity contribution in [1.29, 1.82) is 0 Å². The summed E-state index contributed by atoms with van der Waals surface area (Å²) >= 11 is 5.92. The van der Waals surface area contributed by atoms with E-state index in [1.54, 1.807) is 31.2 Å². The Kier molecular flexibility index (Phi) is 8.15. The quantitative estimate of drug-likeness (QED) is 0.246. The van der Waals surface area contributed by atoms with Crippen LogP contribution in [0.2, 0.25) is 5.02 Å². The van der Waals surface area contributed by atoms with E-state index in [4.69, 9.17) is 11.6 Å². The molecule has 0 radical (unpaired) electrons. The SMILES string of the molecule is Cc1ccc(NC(=O)c2ccccc2-n2cnc(Cn3nc(-c4ccc(Cl)cc4)n(CC(O)C(F)(F)F)c3=O)n2)c(F)c1. The molecular weight excluding hydrogens is 594 g/mol. The van der Waals surface area contributed by atoms with E-state index in [1.165, 1.54) is 53.5 Å². The summed E-state index contributed by atoms with van der Waals surface area (Å²) in [5, 5.41) is 21.1. The number of alkyl halides is 3. The van der Waals surface area contributed by atoms with Crippen molar-refractivity contribution in [2.45, 2.75) is 32.3 Å². The van der Waals surface area contributed by atoms with Gasteiger partial charge in [-0.25, -0.2) is 23.5 Å². The molecule has 5 rings (SSSR count). The molecule has 0 spiro atoms. The Balaban J connectivity index is 1.44. The van der Waals surface area contributed by atoms with Crippen LogP contribution in [0.4, 0.5) is 23.2 Å². The van der Waals surface area contributed by atoms with Gasteiger partial charge in [0, 0.05) is 10.6 Å². The second kappa shape index (κ2) is 11.8. The highest BCUT2D eigenvalue weighted by atomic mass is 35.5. The fraction of sp³-hybridized carbons (Fsp3) is 0.179. The number of carbonyl (C=O) groups is 1. The Morgan fingerprint density at radius 3 is 2.49 bits per heavy atom. The molecule has 0 aliphatic carbocycles. The minimum atomic E-state index is -4.97. The van der Waals surface area contributed by atoms with Gasteiger partial charge in [0.15, 0.2) is 17.8 Å². The van der Waals surface area contributed by atoms with E-state index in [1.807, 2.05) is 0 Å². The van der Waals surface area contributed by atoms with E-state index in [-0.39, 0.29) is 35.0 Å². The fourth-order valence-electron chi connectivity index (χ4n) is 4.19. The summed E-state index contributed by atoms with van der Waals surface area (Å²) in [5.74, 6) is -1.29. The molecule has 3 aromatic carbocycles. The number of halogens is 5. The minimum absolute atomic E-state index is 0.00761. The van der Waals surface area contributed by atoms with E-state index in [0.29, 0.717) is 20.8 Å². The highest BCUT2D eigenvalue weighted by molar-refractivity contribution is 6.30. The van der Waals surface area contributed by atoms with Gasteiger partial charge in [-0.05, 0) is 61.0 Å². The number of amides is 1. The van der Waals surface area contributed by atoms with Gasteiger partial charge in [-0.1, -0.05) is 29.8 Å². The van der Waals surface area contributed by atoms with Gasteiger partial charge in [-0.3, -0.25) is 9.36 Å². The maximum atomic E-state index is 14.3. The Morgan fingerprint density at radius 1 is 1.07 bits per heavy atom. The monoisotopic (exact) mass is 615 g/mol. The number of nitrogens with one attached hydrogen (secondary N) is 1. The smallest absolute Gasteiger partial charge is 0.382 e. The predicted molar refractivity (Wildman–Crippen MR) is 149 cm³/mol. The first kappa shape index (κ1) is 29.7. The highest BCUT2D eigenvalue weighted by Crippen LogP contribution is 2.24. The van der Waals surface area contributed by atoms with Crippen molar-refractivity contribution in [1.82, 2.24) is 29.1 Å². The number of carbonyl (C=O) groups excluding carboxylic acids is 1. The summed E-state index contributed by atoms with van der Waals surface area (Å²) in [6.45, 7) is 0.284. The number of anilines is 1. The third-order valence-electron chi connectivity index (χ3n) is 6.36. The van der Waals surface area contributed by atoms with Crippen molar-refractivity contribution < 1.29 is 27.5 Å². The number of benzene rings is 3. The van der Waals surface area contributed by atoms with Crippen LogP contribution in [0.1, 0.15) is 21.7 Å². The maximum Gasteiger partial charge on any atom is 0.416 e. The molecule has 0 saturated heterocycles. The molecule has 0 aliphatic rings. The molecule has 222 valence electrons. The second-order valence-electron chi connectivity index (χ2n) is 9.50. The molecule has 2 aromatic heterocycles. The molecule has 15 heteroatoms. The summed E-state index contributed by atoms with van der Waals surface area (Å²) in [6.07, 6.45) is -6.50. The zero-order valence-corrected chi connectivity index (χ0v) is 23.0. The fourth-order valence-corrected chi connectivity index (χ4v) is 4.32. The van der Waals surface area contributed by atoms with Crippen LogP contribution in [0.25, 0.3) is 17.1 Å². The van der Waals surface area contributed by atoms with Crippen molar-refractivity contribution >= 4 is 23.2 Å². The van der Waals surface area contributed by atoms with E-state index in [2.05, 4.69) is 20.5 Å². The number of nitrogens with zero attached hydrogens (tertiary/aromatic N) is 6. The first-order valence-corrected chi connectivity index (χ1v) is 13.0. The third-order valence-corrected chi connectivity index (χ3v) is 6.61. The molecule has 1 unspecified atom stereocenters. The van der Waals surface area contributed by atoms with Crippen LogP contribution in [-0.2, 0) is 13.1 Å². The number of hydrogen-bond acceptors (Lipinski definition) is 6. The Labute approximate surface area is 245 Å². The van der Waals surface area contributed by atoms with Crippen LogP contribution in [-0.4, -0.2) is 52.4 Å². The van der Waals surface area contributed by atoms with Crippen molar-refractivity contribution in [2.75, 3.05) is 5.32 Å². The summed E-state index contributed by atoms with van der Waals surface area (Å²) in [5.41, 5.74) is 0.465. The molecule has 1 atom stereocenters. The molecule has 0 fully saturated rings. The number of aliphatic hydroxyl groups is 1. The molecule has 5 aromatic rings. The first-order chi connectivity index (χ1) is 20.4.